The molecule has 27 heavy (non-hydrogen) atoms. The molecule has 6 nitrogen and oxygen atoms in total. The average Bonchev–Trinajstić information content (AvgIpc) is 3.00. The molecule has 1 saturated heterocycles. The van der Waals surface area contributed by atoms with Gasteiger partial charge in [0.25, 0.3) is 5.91 Å². The van der Waals surface area contributed by atoms with Gasteiger partial charge in [-0.15, -0.1) is 11.3 Å². The summed E-state index contributed by atoms with van der Waals surface area (Å²) in [5.41, 5.74) is 7.67. The van der Waals surface area contributed by atoms with Crippen molar-refractivity contribution in [3.05, 3.63) is 23.1 Å². The number of pyridine rings is 1. The molecule has 1 fully saturated rings. The summed E-state index contributed by atoms with van der Waals surface area (Å²) in [6.07, 6.45) is 2.21. The Hall–Kier alpha value is -2.54. The first-order chi connectivity index (χ1) is 13.0. The smallest absolute Gasteiger partial charge is 0.266 e. The summed E-state index contributed by atoms with van der Waals surface area (Å²) in [6.45, 7) is 3.76. The highest BCUT2D eigenvalue weighted by atomic mass is 32.1. The highest BCUT2D eigenvalue weighted by molar-refractivity contribution is 7.21. The first-order valence-corrected chi connectivity index (χ1v) is 9.87. The van der Waals surface area contributed by atoms with Crippen molar-refractivity contribution >= 4 is 44.1 Å². The lowest BCUT2D eigenvalue weighted by Crippen LogP contribution is -2.38. The number of thiophene rings is 1. The SMILES string of the molecule is COc1cc2cc3c(N)c(C(=O)N4CCC[C@@H](C)C4)sc3nc2cc1OC. The normalized spacial score (nSPS) is 17.4. The average molecular weight is 385 g/mol. The van der Waals surface area contributed by atoms with Crippen LogP contribution in [0.5, 0.6) is 11.5 Å². The zero-order chi connectivity index (χ0) is 19.1. The highest BCUT2D eigenvalue weighted by Crippen LogP contribution is 2.38. The fourth-order valence-electron chi connectivity index (χ4n) is 3.70. The Labute approximate surface area is 161 Å². The zero-order valence-electron chi connectivity index (χ0n) is 15.7. The third-order valence-corrected chi connectivity index (χ3v) is 6.26. The first-order valence-electron chi connectivity index (χ1n) is 9.05. The van der Waals surface area contributed by atoms with Gasteiger partial charge in [-0.25, -0.2) is 4.98 Å². The number of rotatable bonds is 3. The second kappa shape index (κ2) is 6.88. The quantitative estimate of drug-likeness (QED) is 0.739. The molecule has 0 aliphatic carbocycles. The minimum atomic E-state index is 0.0151. The Balaban J connectivity index is 1.80. The van der Waals surface area contributed by atoms with E-state index in [2.05, 4.69) is 6.92 Å². The molecule has 0 bridgehead atoms. The number of nitrogens with two attached hydrogens (primary N) is 1. The molecule has 1 aliphatic heterocycles. The van der Waals surface area contributed by atoms with Crippen LogP contribution in [0.4, 0.5) is 5.69 Å². The van der Waals surface area contributed by atoms with E-state index in [1.165, 1.54) is 17.8 Å². The predicted octanol–water partition coefficient (Wildman–Crippen LogP) is 3.92. The van der Waals surface area contributed by atoms with Gasteiger partial charge in [0, 0.05) is 29.9 Å². The van der Waals surface area contributed by atoms with E-state index in [1.54, 1.807) is 14.2 Å². The number of nitrogens with zero attached hydrogens (tertiary/aromatic N) is 2. The van der Waals surface area contributed by atoms with E-state index in [4.69, 9.17) is 20.2 Å². The summed E-state index contributed by atoms with van der Waals surface area (Å²) >= 11 is 1.37. The van der Waals surface area contributed by atoms with E-state index in [0.717, 1.165) is 40.6 Å². The van der Waals surface area contributed by atoms with E-state index < -0.39 is 0 Å². The number of ether oxygens (including phenoxy) is 2. The minimum Gasteiger partial charge on any atom is -0.493 e. The van der Waals surface area contributed by atoms with Gasteiger partial charge in [0.15, 0.2) is 11.5 Å². The second-order valence-electron chi connectivity index (χ2n) is 7.08. The number of methoxy groups -OCH3 is 2. The van der Waals surface area contributed by atoms with Crippen LogP contribution in [0.2, 0.25) is 0 Å². The summed E-state index contributed by atoms with van der Waals surface area (Å²) in [5, 5.41) is 1.71. The van der Waals surface area contributed by atoms with Gasteiger partial charge in [0.1, 0.15) is 9.71 Å². The van der Waals surface area contributed by atoms with Crippen LogP contribution in [-0.2, 0) is 0 Å². The van der Waals surface area contributed by atoms with Crippen LogP contribution in [0.15, 0.2) is 18.2 Å². The van der Waals surface area contributed by atoms with E-state index in [0.29, 0.717) is 28.0 Å². The number of aromatic nitrogens is 1. The molecule has 1 aliphatic rings. The van der Waals surface area contributed by atoms with Gasteiger partial charge < -0.3 is 20.1 Å². The van der Waals surface area contributed by atoms with Crippen LogP contribution in [-0.4, -0.2) is 43.1 Å². The number of anilines is 1. The van der Waals surface area contributed by atoms with Crippen molar-refractivity contribution < 1.29 is 14.3 Å². The lowest BCUT2D eigenvalue weighted by Gasteiger charge is -2.30. The molecule has 3 heterocycles. The number of nitrogen functional groups attached to an aromatic ring is 1. The molecule has 3 aromatic rings. The van der Waals surface area contributed by atoms with E-state index in [9.17, 15) is 4.79 Å². The topological polar surface area (TPSA) is 77.7 Å². The number of likely N-dealkylation sites (tertiary alicyclic amines) is 1. The third kappa shape index (κ3) is 3.06. The van der Waals surface area contributed by atoms with Crippen LogP contribution < -0.4 is 15.2 Å². The lowest BCUT2D eigenvalue weighted by molar-refractivity contribution is 0.0689. The van der Waals surface area contributed by atoms with E-state index in [-0.39, 0.29) is 5.91 Å². The Kier molecular flexibility index (Phi) is 4.55. The van der Waals surface area contributed by atoms with Crippen molar-refractivity contribution in [2.45, 2.75) is 19.8 Å². The van der Waals surface area contributed by atoms with Gasteiger partial charge in [-0.3, -0.25) is 4.79 Å². The van der Waals surface area contributed by atoms with Crippen LogP contribution in [0.25, 0.3) is 21.1 Å². The molecule has 2 N–H and O–H groups in total. The molecule has 1 atom stereocenters. The van der Waals surface area contributed by atoms with Gasteiger partial charge in [0.05, 0.1) is 25.4 Å². The van der Waals surface area contributed by atoms with E-state index in [1.807, 2.05) is 23.1 Å². The van der Waals surface area contributed by atoms with Crippen molar-refractivity contribution in [1.29, 1.82) is 0 Å². The Morgan fingerprint density at radius 2 is 2.00 bits per heavy atom. The molecular formula is C20H23N3O3S. The second-order valence-corrected chi connectivity index (χ2v) is 8.08. The summed E-state index contributed by atoms with van der Waals surface area (Å²) in [7, 11) is 3.20. The summed E-state index contributed by atoms with van der Waals surface area (Å²) < 4.78 is 10.7. The monoisotopic (exact) mass is 385 g/mol. The fraction of sp³-hybridized carbons (Fsp3) is 0.400. The number of fused-ring (bicyclic) bond motifs is 2. The van der Waals surface area contributed by atoms with Crippen LogP contribution in [0, 0.1) is 5.92 Å². The molecule has 142 valence electrons. The number of piperidine rings is 1. The lowest BCUT2D eigenvalue weighted by atomic mass is 10.00. The van der Waals surface area contributed by atoms with Gasteiger partial charge in [-0.1, -0.05) is 6.92 Å². The van der Waals surface area contributed by atoms with E-state index >= 15 is 0 Å². The van der Waals surface area contributed by atoms with Gasteiger partial charge in [0.2, 0.25) is 0 Å². The van der Waals surface area contributed by atoms with Gasteiger partial charge in [-0.05, 0) is 30.9 Å². The number of carbonyl (C=O) groups excluding carboxylic acids is 1. The van der Waals surface area contributed by atoms with Crippen molar-refractivity contribution in [1.82, 2.24) is 9.88 Å². The zero-order valence-corrected chi connectivity index (χ0v) is 16.6. The molecule has 0 spiro atoms. The maximum absolute atomic E-state index is 13.0. The molecule has 0 unspecified atom stereocenters. The van der Waals surface area contributed by atoms with Crippen molar-refractivity contribution in [2.24, 2.45) is 5.92 Å². The van der Waals surface area contributed by atoms with Crippen LogP contribution >= 0.6 is 11.3 Å². The molecule has 2 aromatic heterocycles. The fourth-order valence-corrected chi connectivity index (χ4v) is 4.76. The minimum absolute atomic E-state index is 0.0151. The molecular weight excluding hydrogens is 362 g/mol. The van der Waals surface area contributed by atoms with Crippen molar-refractivity contribution in [3.8, 4) is 11.5 Å². The number of hydrogen-bond acceptors (Lipinski definition) is 6. The predicted molar refractivity (Wildman–Crippen MR) is 109 cm³/mol. The third-order valence-electron chi connectivity index (χ3n) is 5.16. The summed E-state index contributed by atoms with van der Waals surface area (Å²) in [4.78, 5) is 21.0. The van der Waals surface area contributed by atoms with Gasteiger partial charge >= 0.3 is 0 Å². The maximum Gasteiger partial charge on any atom is 0.266 e. The van der Waals surface area contributed by atoms with Gasteiger partial charge in [-0.2, -0.15) is 0 Å². The molecule has 0 radical (unpaired) electrons. The Bertz CT molecular complexity index is 1030. The largest absolute Gasteiger partial charge is 0.493 e. The van der Waals surface area contributed by atoms with Crippen LogP contribution in [0.1, 0.15) is 29.4 Å². The summed E-state index contributed by atoms with van der Waals surface area (Å²) in [6, 6.07) is 5.70. The molecule has 4 rings (SSSR count). The van der Waals surface area contributed by atoms with Crippen molar-refractivity contribution in [2.75, 3.05) is 33.0 Å². The number of hydrogen-bond donors (Lipinski definition) is 1. The highest BCUT2D eigenvalue weighted by Gasteiger charge is 2.26. The standard InChI is InChI=1S/C20H23N3O3S/c1-11-5-4-6-23(10-11)20(24)18-17(21)13-7-12-8-15(25-2)16(26-3)9-14(12)22-19(13)27-18/h7-9,11H,4-6,10,21H2,1-3H3/t11-/m1/s1. The van der Waals surface area contributed by atoms with Crippen LogP contribution in [0.3, 0.4) is 0 Å². The first kappa shape index (κ1) is 17.9. The summed E-state index contributed by atoms with van der Waals surface area (Å²) in [5.74, 6) is 1.80. The number of carbonyl (C=O) groups is 1. The Morgan fingerprint density at radius 1 is 1.26 bits per heavy atom. The maximum atomic E-state index is 13.0. The molecule has 1 aromatic carbocycles. The molecule has 7 heteroatoms. The number of benzene rings is 1. The van der Waals surface area contributed by atoms with Crippen molar-refractivity contribution in [3.63, 3.8) is 0 Å². The molecule has 1 amide bonds. The Morgan fingerprint density at radius 3 is 2.70 bits per heavy atom. The number of amides is 1. The molecule has 0 saturated carbocycles.